The first-order valence-electron chi connectivity index (χ1n) is 6.30. The molecule has 0 unspecified atom stereocenters. The predicted octanol–water partition coefficient (Wildman–Crippen LogP) is 2.67. The zero-order chi connectivity index (χ0) is 13.1. The average molecular weight is 241 g/mol. The second-order valence-electron chi connectivity index (χ2n) is 5.04. The number of allylic oxidation sites excluding steroid dienone is 1. The van der Waals surface area contributed by atoms with E-state index in [2.05, 4.69) is 34.8 Å². The maximum atomic E-state index is 5.28. The summed E-state index contributed by atoms with van der Waals surface area (Å²) in [4.78, 5) is 10.9. The van der Waals surface area contributed by atoms with Crippen LogP contribution in [0.3, 0.4) is 0 Å². The molecule has 3 heteroatoms. The Labute approximate surface area is 109 Å². The maximum Gasteiger partial charge on any atom is 0.139 e. The van der Waals surface area contributed by atoms with Crippen LogP contribution < -0.4 is 4.90 Å². The van der Waals surface area contributed by atoms with E-state index in [0.29, 0.717) is 6.04 Å². The number of aromatic nitrogens is 2. The van der Waals surface area contributed by atoms with E-state index >= 15 is 0 Å². The first-order chi connectivity index (χ1) is 8.63. The lowest BCUT2D eigenvalue weighted by Gasteiger charge is -2.40. The molecule has 0 saturated heterocycles. The van der Waals surface area contributed by atoms with Crippen LogP contribution in [0, 0.1) is 25.2 Å². The second-order valence-corrected chi connectivity index (χ2v) is 5.04. The van der Waals surface area contributed by atoms with E-state index in [4.69, 9.17) is 6.42 Å². The van der Waals surface area contributed by atoms with Crippen molar-refractivity contribution in [1.29, 1.82) is 0 Å². The largest absolute Gasteiger partial charge is 0.356 e. The standard InChI is InChI=1S/C15H19N3/c1-5-6-7-14-12(3)16-10-17-15(14)18(4)13-8-11(2)9-13/h1,6-7,10-11,13H,8-9H2,2-4H3/b7-6-. The van der Waals surface area contributed by atoms with Gasteiger partial charge in [0.15, 0.2) is 0 Å². The molecule has 0 aromatic carbocycles. The molecule has 0 radical (unpaired) electrons. The molecule has 0 aliphatic heterocycles. The number of aryl methyl sites for hydroxylation is 1. The Morgan fingerprint density at radius 3 is 2.78 bits per heavy atom. The van der Waals surface area contributed by atoms with Gasteiger partial charge >= 0.3 is 0 Å². The summed E-state index contributed by atoms with van der Waals surface area (Å²) in [6.07, 6.45) is 13.0. The van der Waals surface area contributed by atoms with E-state index in [1.165, 1.54) is 12.8 Å². The van der Waals surface area contributed by atoms with Crippen LogP contribution in [-0.2, 0) is 0 Å². The van der Waals surface area contributed by atoms with Crippen molar-refractivity contribution in [3.05, 3.63) is 23.7 Å². The van der Waals surface area contributed by atoms with Gasteiger partial charge in [0.1, 0.15) is 12.1 Å². The van der Waals surface area contributed by atoms with Crippen LogP contribution >= 0.6 is 0 Å². The number of hydrogen-bond acceptors (Lipinski definition) is 3. The highest BCUT2D eigenvalue weighted by molar-refractivity contribution is 5.67. The molecule has 1 fully saturated rings. The summed E-state index contributed by atoms with van der Waals surface area (Å²) in [6, 6.07) is 0.590. The minimum absolute atomic E-state index is 0.590. The lowest BCUT2D eigenvalue weighted by Crippen LogP contribution is -2.42. The van der Waals surface area contributed by atoms with Gasteiger partial charge in [0.2, 0.25) is 0 Å². The highest BCUT2D eigenvalue weighted by Crippen LogP contribution is 2.34. The molecule has 0 bridgehead atoms. The lowest BCUT2D eigenvalue weighted by molar-refractivity contribution is 0.280. The lowest BCUT2D eigenvalue weighted by atomic mass is 9.81. The third-order valence-electron chi connectivity index (χ3n) is 3.64. The quantitative estimate of drug-likeness (QED) is 0.762. The topological polar surface area (TPSA) is 29.0 Å². The summed E-state index contributed by atoms with van der Waals surface area (Å²) in [5.41, 5.74) is 1.99. The van der Waals surface area contributed by atoms with Crippen molar-refractivity contribution in [3.63, 3.8) is 0 Å². The van der Waals surface area contributed by atoms with Crippen molar-refractivity contribution in [2.45, 2.75) is 32.7 Å². The van der Waals surface area contributed by atoms with Crippen LogP contribution in [0.5, 0.6) is 0 Å². The van der Waals surface area contributed by atoms with E-state index in [-0.39, 0.29) is 0 Å². The Kier molecular flexibility index (Phi) is 3.66. The fraction of sp³-hybridized carbons (Fsp3) is 0.467. The fourth-order valence-electron chi connectivity index (χ4n) is 2.43. The van der Waals surface area contributed by atoms with Crippen LogP contribution in [0.15, 0.2) is 12.4 Å². The van der Waals surface area contributed by atoms with Gasteiger partial charge in [-0.1, -0.05) is 12.8 Å². The van der Waals surface area contributed by atoms with Gasteiger partial charge in [0.25, 0.3) is 0 Å². The van der Waals surface area contributed by atoms with Crippen molar-refractivity contribution in [2.75, 3.05) is 11.9 Å². The third kappa shape index (κ3) is 2.38. The highest BCUT2D eigenvalue weighted by atomic mass is 15.2. The predicted molar refractivity (Wildman–Crippen MR) is 75.2 cm³/mol. The number of rotatable bonds is 3. The summed E-state index contributed by atoms with van der Waals surface area (Å²) in [5.74, 6) is 4.32. The summed E-state index contributed by atoms with van der Waals surface area (Å²) in [6.45, 7) is 4.27. The molecule has 94 valence electrons. The highest BCUT2D eigenvalue weighted by Gasteiger charge is 2.30. The van der Waals surface area contributed by atoms with E-state index in [0.717, 1.165) is 23.0 Å². The van der Waals surface area contributed by atoms with Gasteiger partial charge in [-0.2, -0.15) is 0 Å². The van der Waals surface area contributed by atoms with Crippen LogP contribution in [0.25, 0.3) is 6.08 Å². The molecule has 1 aromatic rings. The fourth-order valence-corrected chi connectivity index (χ4v) is 2.43. The Hall–Kier alpha value is -1.82. The van der Waals surface area contributed by atoms with E-state index < -0.39 is 0 Å². The number of nitrogens with zero attached hydrogens (tertiary/aromatic N) is 3. The summed E-state index contributed by atoms with van der Waals surface area (Å²) in [5, 5.41) is 0. The third-order valence-corrected chi connectivity index (χ3v) is 3.64. The van der Waals surface area contributed by atoms with Gasteiger partial charge < -0.3 is 4.90 Å². The maximum absolute atomic E-state index is 5.28. The molecule has 3 nitrogen and oxygen atoms in total. The molecule has 0 N–H and O–H groups in total. The summed E-state index contributed by atoms with van der Waals surface area (Å²) >= 11 is 0. The zero-order valence-corrected chi connectivity index (χ0v) is 11.2. The summed E-state index contributed by atoms with van der Waals surface area (Å²) < 4.78 is 0. The van der Waals surface area contributed by atoms with E-state index in [1.54, 1.807) is 12.4 Å². The zero-order valence-electron chi connectivity index (χ0n) is 11.2. The first-order valence-corrected chi connectivity index (χ1v) is 6.30. The molecule has 1 aliphatic rings. The summed E-state index contributed by atoms with van der Waals surface area (Å²) in [7, 11) is 2.10. The molecule has 1 aromatic heterocycles. The van der Waals surface area contributed by atoms with Crippen molar-refractivity contribution in [3.8, 4) is 12.3 Å². The Balaban J connectivity index is 2.29. The van der Waals surface area contributed by atoms with Crippen molar-refractivity contribution >= 4 is 11.9 Å². The first kappa shape index (κ1) is 12.6. The molecule has 2 rings (SSSR count). The number of hydrogen-bond donors (Lipinski definition) is 0. The molecular weight excluding hydrogens is 222 g/mol. The minimum atomic E-state index is 0.590. The van der Waals surface area contributed by atoms with Gasteiger partial charge in [-0.25, -0.2) is 9.97 Å². The van der Waals surface area contributed by atoms with Crippen LogP contribution in [0.2, 0.25) is 0 Å². The van der Waals surface area contributed by atoms with E-state index in [1.807, 2.05) is 13.0 Å². The molecule has 0 amide bonds. The molecular formula is C15H19N3. The molecule has 18 heavy (non-hydrogen) atoms. The van der Waals surface area contributed by atoms with Crippen molar-refractivity contribution in [1.82, 2.24) is 9.97 Å². The minimum Gasteiger partial charge on any atom is -0.356 e. The SMILES string of the molecule is C#C/C=C\c1c(C)ncnc1N(C)C1CC(C)C1. The normalized spacial score (nSPS) is 22.6. The van der Waals surface area contributed by atoms with Crippen molar-refractivity contribution in [2.24, 2.45) is 5.92 Å². The monoisotopic (exact) mass is 241 g/mol. The Morgan fingerprint density at radius 2 is 2.17 bits per heavy atom. The molecule has 1 heterocycles. The van der Waals surface area contributed by atoms with Crippen LogP contribution in [0.4, 0.5) is 5.82 Å². The van der Waals surface area contributed by atoms with E-state index in [9.17, 15) is 0 Å². The van der Waals surface area contributed by atoms with Crippen LogP contribution in [-0.4, -0.2) is 23.1 Å². The average Bonchev–Trinajstić information content (AvgIpc) is 2.32. The molecule has 1 saturated carbocycles. The Bertz CT molecular complexity index is 493. The van der Waals surface area contributed by atoms with Gasteiger partial charge in [-0.3, -0.25) is 0 Å². The van der Waals surface area contributed by atoms with Crippen molar-refractivity contribution < 1.29 is 0 Å². The smallest absolute Gasteiger partial charge is 0.139 e. The van der Waals surface area contributed by atoms with Gasteiger partial charge in [-0.05, 0) is 37.8 Å². The van der Waals surface area contributed by atoms with Gasteiger partial charge in [0, 0.05) is 18.7 Å². The van der Waals surface area contributed by atoms with Crippen LogP contribution in [0.1, 0.15) is 31.0 Å². The molecule has 0 atom stereocenters. The molecule has 1 aliphatic carbocycles. The number of anilines is 1. The van der Waals surface area contributed by atoms with Gasteiger partial charge in [-0.15, -0.1) is 6.42 Å². The second kappa shape index (κ2) is 5.22. The number of terminal acetylenes is 1. The Morgan fingerprint density at radius 1 is 1.44 bits per heavy atom. The van der Waals surface area contributed by atoms with Gasteiger partial charge in [0.05, 0.1) is 5.69 Å². The molecule has 0 spiro atoms.